The maximum atomic E-state index is 13.4. The molecule has 0 aromatic heterocycles. The number of rotatable bonds is 8. The molecule has 0 unspecified atom stereocenters. The minimum Gasteiger partial charge on any atom is -0.491 e. The van der Waals surface area contributed by atoms with Crippen LogP contribution in [0.4, 0.5) is 4.39 Å². The second-order valence-electron chi connectivity index (χ2n) is 8.83. The van der Waals surface area contributed by atoms with Crippen LogP contribution in [-0.2, 0) is 27.8 Å². The largest absolute Gasteiger partial charge is 0.491 e. The van der Waals surface area contributed by atoms with Crippen LogP contribution in [0.1, 0.15) is 43.0 Å². The lowest BCUT2D eigenvalue weighted by molar-refractivity contribution is -0.122. The van der Waals surface area contributed by atoms with Crippen LogP contribution in [0, 0.1) is 5.82 Å². The second kappa shape index (κ2) is 10.6. The van der Waals surface area contributed by atoms with Gasteiger partial charge in [0.15, 0.2) is 0 Å². The van der Waals surface area contributed by atoms with Gasteiger partial charge in [0.25, 0.3) is 0 Å². The van der Waals surface area contributed by atoms with Crippen molar-refractivity contribution in [1.29, 1.82) is 0 Å². The molecule has 0 fully saturated rings. The van der Waals surface area contributed by atoms with E-state index in [0.29, 0.717) is 13.0 Å². The number of halogens is 1. The molecule has 0 saturated carbocycles. The normalized spacial score (nSPS) is 16.1. The highest BCUT2D eigenvalue weighted by Gasteiger charge is 2.37. The summed E-state index contributed by atoms with van der Waals surface area (Å²) in [6.45, 7) is 4.47. The van der Waals surface area contributed by atoms with Crippen LogP contribution < -0.4 is 10.1 Å². The predicted octanol–water partition coefficient (Wildman–Crippen LogP) is 4.61. The average Bonchev–Trinajstić information content (AvgIpc) is 2.83. The highest BCUT2D eigenvalue weighted by Crippen LogP contribution is 2.36. The number of carbonyl (C=O) groups is 1. The number of ether oxygens (including phenoxy) is 1. The monoisotopic (exact) mass is 496 g/mol. The van der Waals surface area contributed by atoms with E-state index in [1.165, 1.54) is 16.4 Å². The molecule has 0 spiro atoms. The molecule has 0 saturated heterocycles. The maximum Gasteiger partial charge on any atom is 0.243 e. The third-order valence-corrected chi connectivity index (χ3v) is 7.87. The Hall–Kier alpha value is -3.23. The summed E-state index contributed by atoms with van der Waals surface area (Å²) in [5.41, 5.74) is 2.75. The molecule has 1 atom stereocenters. The third kappa shape index (κ3) is 5.89. The molecular weight excluding hydrogens is 467 g/mol. The van der Waals surface area contributed by atoms with Crippen LogP contribution in [0.25, 0.3) is 0 Å². The van der Waals surface area contributed by atoms with E-state index in [1.54, 1.807) is 0 Å². The van der Waals surface area contributed by atoms with Crippen LogP contribution in [0.2, 0.25) is 0 Å². The number of benzene rings is 3. The van der Waals surface area contributed by atoms with Crippen molar-refractivity contribution in [2.75, 3.05) is 6.54 Å². The lowest BCUT2D eigenvalue weighted by atomic mass is 9.92. The smallest absolute Gasteiger partial charge is 0.243 e. The molecule has 3 aromatic rings. The van der Waals surface area contributed by atoms with Gasteiger partial charge in [-0.15, -0.1) is 0 Å². The van der Waals surface area contributed by atoms with Gasteiger partial charge in [-0.1, -0.05) is 36.4 Å². The van der Waals surface area contributed by atoms with Crippen molar-refractivity contribution in [3.05, 3.63) is 95.3 Å². The first-order valence-corrected chi connectivity index (χ1v) is 13.1. The lowest BCUT2D eigenvalue weighted by Gasteiger charge is -2.36. The zero-order valence-electron chi connectivity index (χ0n) is 19.8. The molecule has 4 rings (SSSR count). The standard InChI is InChI=1S/C27H29FN2O4S/c1-19(2)34-23-11-7-20(8-12-23)18-29-27(31)17-26-25-6-4-3-5-21(25)15-16-30(26)35(32,33)24-13-9-22(28)10-14-24/h3-14,19,26H,15-18H2,1-2H3,(H,29,31)/t26-/m1/s1. The summed E-state index contributed by atoms with van der Waals surface area (Å²) in [5, 5.41) is 2.91. The van der Waals surface area contributed by atoms with Crippen LogP contribution in [0.3, 0.4) is 0 Å². The first-order valence-electron chi connectivity index (χ1n) is 11.6. The number of amides is 1. The van der Waals surface area contributed by atoms with Crippen molar-refractivity contribution in [1.82, 2.24) is 9.62 Å². The third-order valence-electron chi connectivity index (χ3n) is 5.95. The molecule has 1 heterocycles. The van der Waals surface area contributed by atoms with E-state index < -0.39 is 21.9 Å². The first kappa shape index (κ1) is 24.9. The Morgan fingerprint density at radius 3 is 2.43 bits per heavy atom. The van der Waals surface area contributed by atoms with Gasteiger partial charge in [0, 0.05) is 19.5 Å². The Balaban J connectivity index is 1.51. The molecule has 1 aliphatic heterocycles. The quantitative estimate of drug-likeness (QED) is 0.494. The Labute approximate surface area is 205 Å². The van der Waals surface area contributed by atoms with Gasteiger partial charge in [0.05, 0.1) is 17.0 Å². The minimum absolute atomic E-state index is 0.00685. The Kier molecular flexibility index (Phi) is 7.52. The number of fused-ring (bicyclic) bond motifs is 1. The van der Waals surface area contributed by atoms with Crippen LogP contribution in [-0.4, -0.2) is 31.3 Å². The fraction of sp³-hybridized carbons (Fsp3) is 0.296. The van der Waals surface area contributed by atoms with Crippen molar-refractivity contribution in [2.45, 2.75) is 50.3 Å². The van der Waals surface area contributed by atoms with Crippen LogP contribution in [0.5, 0.6) is 5.75 Å². The minimum atomic E-state index is -3.93. The van der Waals surface area contributed by atoms with Crippen molar-refractivity contribution < 1.29 is 22.3 Å². The van der Waals surface area contributed by atoms with Gasteiger partial charge >= 0.3 is 0 Å². The van der Waals surface area contributed by atoms with E-state index in [-0.39, 0.29) is 29.9 Å². The molecule has 0 bridgehead atoms. The highest BCUT2D eigenvalue weighted by molar-refractivity contribution is 7.89. The number of carbonyl (C=O) groups excluding carboxylic acids is 1. The van der Waals surface area contributed by atoms with Crippen LogP contribution >= 0.6 is 0 Å². The molecule has 1 aliphatic rings. The predicted molar refractivity (Wildman–Crippen MR) is 132 cm³/mol. The Bertz CT molecular complexity index is 1280. The van der Waals surface area contributed by atoms with Crippen molar-refractivity contribution in [2.24, 2.45) is 0 Å². The SMILES string of the molecule is CC(C)Oc1ccc(CNC(=O)C[C@@H]2c3ccccc3CCN2S(=O)(=O)c2ccc(F)cc2)cc1. The van der Waals surface area contributed by atoms with E-state index in [9.17, 15) is 17.6 Å². The number of hydrogen-bond acceptors (Lipinski definition) is 4. The fourth-order valence-corrected chi connectivity index (χ4v) is 5.88. The number of nitrogens with one attached hydrogen (secondary N) is 1. The molecule has 184 valence electrons. The van der Waals surface area contributed by atoms with Gasteiger partial charge in [0.2, 0.25) is 15.9 Å². The average molecular weight is 497 g/mol. The van der Waals surface area contributed by atoms with Crippen molar-refractivity contribution in [3.8, 4) is 5.75 Å². The molecule has 8 heteroatoms. The van der Waals surface area contributed by atoms with Gasteiger partial charge in [-0.2, -0.15) is 4.31 Å². The summed E-state index contributed by atoms with van der Waals surface area (Å²) < 4.78 is 47.3. The topological polar surface area (TPSA) is 75.7 Å². The van der Waals surface area contributed by atoms with E-state index in [2.05, 4.69) is 5.32 Å². The summed E-state index contributed by atoms with van der Waals surface area (Å²) in [6, 6.07) is 19.2. The van der Waals surface area contributed by atoms with Gasteiger partial charge in [0.1, 0.15) is 11.6 Å². The zero-order valence-corrected chi connectivity index (χ0v) is 20.6. The molecule has 1 N–H and O–H groups in total. The molecule has 3 aromatic carbocycles. The summed E-state index contributed by atoms with van der Waals surface area (Å²) in [5.74, 6) is -0.00304. The summed E-state index contributed by atoms with van der Waals surface area (Å²) in [4.78, 5) is 13.0. The van der Waals surface area contributed by atoms with E-state index in [1.807, 2.05) is 62.4 Å². The van der Waals surface area contributed by atoms with Gasteiger partial charge in [-0.25, -0.2) is 12.8 Å². The molecular formula is C27H29FN2O4S. The molecule has 35 heavy (non-hydrogen) atoms. The Morgan fingerprint density at radius 1 is 1.06 bits per heavy atom. The maximum absolute atomic E-state index is 13.4. The molecule has 0 aliphatic carbocycles. The highest BCUT2D eigenvalue weighted by atomic mass is 32.2. The lowest BCUT2D eigenvalue weighted by Crippen LogP contribution is -2.42. The van der Waals surface area contributed by atoms with Gasteiger partial charge < -0.3 is 10.1 Å². The molecule has 6 nitrogen and oxygen atoms in total. The summed E-state index contributed by atoms with van der Waals surface area (Å²) in [6.07, 6.45) is 0.596. The van der Waals surface area contributed by atoms with Crippen molar-refractivity contribution in [3.63, 3.8) is 0 Å². The number of hydrogen-bond donors (Lipinski definition) is 1. The fourth-order valence-electron chi connectivity index (χ4n) is 4.28. The zero-order chi connectivity index (χ0) is 25.0. The van der Waals surface area contributed by atoms with Crippen molar-refractivity contribution >= 4 is 15.9 Å². The van der Waals surface area contributed by atoms with Gasteiger partial charge in [-0.3, -0.25) is 4.79 Å². The molecule has 0 radical (unpaired) electrons. The number of nitrogens with zero attached hydrogens (tertiary/aromatic N) is 1. The van der Waals surface area contributed by atoms with E-state index in [4.69, 9.17) is 4.74 Å². The number of sulfonamides is 1. The first-order chi connectivity index (χ1) is 16.7. The second-order valence-corrected chi connectivity index (χ2v) is 10.7. The summed E-state index contributed by atoms with van der Waals surface area (Å²) in [7, 11) is -3.93. The summed E-state index contributed by atoms with van der Waals surface area (Å²) >= 11 is 0. The van der Waals surface area contributed by atoms with E-state index in [0.717, 1.165) is 34.6 Å². The molecule has 1 amide bonds. The Morgan fingerprint density at radius 2 is 1.74 bits per heavy atom. The van der Waals surface area contributed by atoms with E-state index >= 15 is 0 Å². The van der Waals surface area contributed by atoms with Crippen LogP contribution in [0.15, 0.2) is 77.7 Å². The van der Waals surface area contributed by atoms with Gasteiger partial charge in [-0.05, 0) is 73.4 Å².